The van der Waals surface area contributed by atoms with Crippen LogP contribution in [0.1, 0.15) is 33.1 Å². The third kappa shape index (κ3) is 3.87. The summed E-state index contributed by atoms with van der Waals surface area (Å²) in [6.07, 6.45) is 1.46. The summed E-state index contributed by atoms with van der Waals surface area (Å²) < 4.78 is 49.9. The largest absolute Gasteiger partial charge is 0.338 e. The Morgan fingerprint density at radius 1 is 0.870 bits per heavy atom. The number of benzene rings is 1. The molecule has 1 aliphatic heterocycles. The van der Waals surface area contributed by atoms with E-state index in [0.29, 0.717) is 30.6 Å². The number of sulfone groups is 2. The van der Waals surface area contributed by atoms with Crippen LogP contribution in [0.25, 0.3) is 0 Å². The fourth-order valence-electron chi connectivity index (χ4n) is 2.40. The molecule has 0 fully saturated rings. The molecule has 0 saturated heterocycles. The van der Waals surface area contributed by atoms with Gasteiger partial charge in [0.1, 0.15) is 5.82 Å². The molecule has 0 radical (unpaired) electrons. The Morgan fingerprint density at radius 3 is 1.87 bits per heavy atom. The van der Waals surface area contributed by atoms with Gasteiger partial charge in [-0.25, -0.2) is 16.8 Å². The van der Waals surface area contributed by atoms with Crippen molar-refractivity contribution < 1.29 is 16.8 Å². The van der Waals surface area contributed by atoms with Gasteiger partial charge in [-0.15, -0.1) is 0 Å². The Balaban J connectivity index is 2.54. The number of rotatable bonds is 7. The van der Waals surface area contributed by atoms with Crippen LogP contribution in [0.3, 0.4) is 0 Å². The van der Waals surface area contributed by atoms with Gasteiger partial charge in [0.15, 0.2) is 23.9 Å². The van der Waals surface area contributed by atoms with Crippen molar-refractivity contribution in [2.45, 2.75) is 33.1 Å². The van der Waals surface area contributed by atoms with Crippen molar-refractivity contribution in [3.05, 3.63) is 34.3 Å². The minimum absolute atomic E-state index is 0.0377. The first-order chi connectivity index (χ1) is 10.8. The molecule has 0 amide bonds. The average Bonchev–Trinajstić information content (AvgIpc) is 2.87. The van der Waals surface area contributed by atoms with E-state index in [1.165, 1.54) is 0 Å². The summed E-state index contributed by atoms with van der Waals surface area (Å²) in [7, 11) is -7.79. The summed E-state index contributed by atoms with van der Waals surface area (Å²) in [5.41, 5.74) is 1.33. The van der Waals surface area contributed by atoms with Crippen LogP contribution in [0.4, 0.5) is 11.4 Å². The van der Waals surface area contributed by atoms with Crippen LogP contribution in [-0.2, 0) is 19.7 Å². The number of fused-ring (bicyclic) bond motifs is 1. The average molecular weight is 358 g/mol. The van der Waals surface area contributed by atoms with Gasteiger partial charge in [0.05, 0.1) is 22.9 Å². The smallest absolute Gasteiger partial charge is 0.199 e. The van der Waals surface area contributed by atoms with E-state index in [-0.39, 0.29) is 17.3 Å². The maximum absolute atomic E-state index is 12.6. The molecule has 2 rings (SSSR count). The maximum Gasteiger partial charge on any atom is 0.199 e. The maximum atomic E-state index is 12.6. The van der Waals surface area contributed by atoms with Crippen LogP contribution in [0.15, 0.2) is 34.3 Å². The molecular formula is C15H22N2O4S2. The number of hydrogen-bond donors (Lipinski definition) is 2. The van der Waals surface area contributed by atoms with E-state index < -0.39 is 23.9 Å². The lowest BCUT2D eigenvalue weighted by atomic mass is 10.3. The van der Waals surface area contributed by atoms with Crippen molar-refractivity contribution in [3.63, 3.8) is 0 Å². The van der Waals surface area contributed by atoms with Crippen molar-refractivity contribution in [3.8, 4) is 0 Å². The molecule has 1 heterocycles. The van der Waals surface area contributed by atoms with Crippen LogP contribution in [0, 0.1) is 0 Å². The van der Waals surface area contributed by atoms with E-state index in [1.807, 2.05) is 6.92 Å². The molecule has 0 unspecified atom stereocenters. The molecule has 1 aromatic rings. The van der Waals surface area contributed by atoms with E-state index in [2.05, 4.69) is 10.6 Å². The SMILES string of the molecule is CCCCS(=O)(=O)C(=C1Nc2ccccc2N1)S(=O)(=O)CCC. The summed E-state index contributed by atoms with van der Waals surface area (Å²) in [5, 5.41) is 5.78. The number of hydrogen-bond acceptors (Lipinski definition) is 6. The first kappa shape index (κ1) is 17.8. The van der Waals surface area contributed by atoms with E-state index >= 15 is 0 Å². The van der Waals surface area contributed by atoms with Gasteiger partial charge in [-0.1, -0.05) is 32.4 Å². The van der Waals surface area contributed by atoms with E-state index in [0.717, 1.165) is 0 Å². The summed E-state index contributed by atoms with van der Waals surface area (Å²) in [6.45, 7) is 3.58. The van der Waals surface area contributed by atoms with E-state index in [4.69, 9.17) is 0 Å². The lowest BCUT2D eigenvalue weighted by molar-refractivity contribution is 0.592. The first-order valence-electron chi connectivity index (χ1n) is 7.64. The topological polar surface area (TPSA) is 92.3 Å². The van der Waals surface area contributed by atoms with Crippen LogP contribution >= 0.6 is 0 Å². The van der Waals surface area contributed by atoms with Crippen LogP contribution in [0.5, 0.6) is 0 Å². The van der Waals surface area contributed by atoms with Crippen LogP contribution in [-0.4, -0.2) is 28.3 Å². The molecule has 23 heavy (non-hydrogen) atoms. The van der Waals surface area contributed by atoms with Crippen molar-refractivity contribution in [1.29, 1.82) is 0 Å². The summed E-state index contributed by atoms with van der Waals surface area (Å²) in [4.78, 5) is 0. The molecule has 1 aromatic carbocycles. The lowest BCUT2D eigenvalue weighted by Gasteiger charge is -2.13. The Bertz CT molecular complexity index is 785. The second kappa shape index (κ2) is 6.92. The number of para-hydroxylation sites is 2. The highest BCUT2D eigenvalue weighted by Crippen LogP contribution is 2.34. The zero-order valence-electron chi connectivity index (χ0n) is 13.3. The number of unbranched alkanes of at least 4 members (excludes halogenated alkanes) is 1. The lowest BCUT2D eigenvalue weighted by Crippen LogP contribution is -2.24. The molecule has 0 saturated carbocycles. The van der Waals surface area contributed by atoms with Gasteiger partial charge in [-0.3, -0.25) is 0 Å². The van der Waals surface area contributed by atoms with Crippen molar-refractivity contribution in [1.82, 2.24) is 0 Å². The summed E-state index contributed by atoms with van der Waals surface area (Å²) in [5.74, 6) is -0.335. The minimum atomic E-state index is -3.90. The van der Waals surface area contributed by atoms with Gasteiger partial charge in [0.25, 0.3) is 0 Å². The van der Waals surface area contributed by atoms with Gasteiger partial charge in [-0.05, 0) is 25.0 Å². The Kier molecular flexibility index (Phi) is 5.36. The van der Waals surface area contributed by atoms with Crippen LogP contribution in [0.2, 0.25) is 0 Å². The molecule has 128 valence electrons. The Morgan fingerprint density at radius 2 is 1.39 bits per heavy atom. The van der Waals surface area contributed by atoms with Crippen LogP contribution < -0.4 is 10.6 Å². The van der Waals surface area contributed by atoms with E-state index in [1.54, 1.807) is 31.2 Å². The molecule has 0 spiro atoms. The first-order valence-corrected chi connectivity index (χ1v) is 10.9. The standard InChI is InChI=1S/C15H22N2O4S2/c1-3-5-11-23(20,21)15(22(18,19)10-4-2)14-16-12-8-6-7-9-13(12)17-14/h6-9,16-17H,3-5,10-11H2,1-2H3. The van der Waals surface area contributed by atoms with Crippen molar-refractivity contribution in [2.24, 2.45) is 0 Å². The van der Waals surface area contributed by atoms with Gasteiger partial charge < -0.3 is 10.6 Å². The zero-order chi connectivity index (χ0) is 17.1. The van der Waals surface area contributed by atoms with Gasteiger partial charge in [0.2, 0.25) is 0 Å². The predicted molar refractivity (Wildman–Crippen MR) is 93.5 cm³/mol. The fraction of sp³-hybridized carbons (Fsp3) is 0.467. The van der Waals surface area contributed by atoms with Gasteiger partial charge >= 0.3 is 0 Å². The zero-order valence-corrected chi connectivity index (χ0v) is 14.9. The number of nitrogens with one attached hydrogen (secondary N) is 2. The monoisotopic (exact) mass is 358 g/mol. The minimum Gasteiger partial charge on any atom is -0.338 e. The highest BCUT2D eigenvalue weighted by Gasteiger charge is 2.35. The highest BCUT2D eigenvalue weighted by molar-refractivity contribution is 8.14. The second-order valence-corrected chi connectivity index (χ2v) is 9.80. The summed E-state index contributed by atoms with van der Waals surface area (Å²) >= 11 is 0. The molecule has 0 aliphatic carbocycles. The van der Waals surface area contributed by atoms with Gasteiger partial charge in [0, 0.05) is 0 Å². The Hall–Kier alpha value is -1.54. The normalized spacial score (nSPS) is 14.1. The number of anilines is 2. The van der Waals surface area contributed by atoms with Crippen molar-refractivity contribution in [2.75, 3.05) is 22.1 Å². The molecule has 8 heteroatoms. The fourth-order valence-corrected chi connectivity index (χ4v) is 6.85. The Labute approximate surface area is 137 Å². The molecule has 2 N–H and O–H groups in total. The predicted octanol–water partition coefficient (Wildman–Crippen LogP) is 2.69. The summed E-state index contributed by atoms with van der Waals surface area (Å²) in [6, 6.07) is 7.11. The molecule has 6 nitrogen and oxygen atoms in total. The van der Waals surface area contributed by atoms with Crippen molar-refractivity contribution >= 4 is 31.0 Å². The van der Waals surface area contributed by atoms with Gasteiger partial charge in [-0.2, -0.15) is 0 Å². The molecule has 0 aromatic heterocycles. The highest BCUT2D eigenvalue weighted by atomic mass is 32.3. The van der Waals surface area contributed by atoms with E-state index in [9.17, 15) is 16.8 Å². The molecule has 0 atom stereocenters. The third-order valence-corrected chi connectivity index (χ3v) is 8.29. The molecule has 1 aliphatic rings. The molecular weight excluding hydrogens is 336 g/mol. The third-order valence-electron chi connectivity index (χ3n) is 3.45. The quantitative estimate of drug-likeness (QED) is 0.778. The second-order valence-electron chi connectivity index (χ2n) is 5.45. The molecule has 0 bridgehead atoms.